The van der Waals surface area contributed by atoms with Crippen molar-refractivity contribution in [3.05, 3.63) is 22.3 Å². The third-order valence-electron chi connectivity index (χ3n) is 4.95. The van der Waals surface area contributed by atoms with Gasteiger partial charge in [-0.2, -0.15) is 0 Å². The van der Waals surface area contributed by atoms with Gasteiger partial charge in [-0.3, -0.25) is 19.3 Å². The number of aromatic nitrogens is 1. The molecule has 0 saturated carbocycles. The van der Waals surface area contributed by atoms with E-state index in [9.17, 15) is 24.4 Å². The molecule has 3 rings (SSSR count). The number of nitrogens with zero attached hydrogens (tertiary/aromatic N) is 3. The van der Waals surface area contributed by atoms with Gasteiger partial charge in [0.2, 0.25) is 6.29 Å². The van der Waals surface area contributed by atoms with E-state index in [1.165, 1.54) is 36.1 Å². The predicted octanol–water partition coefficient (Wildman–Crippen LogP) is 0.292. The predicted molar refractivity (Wildman–Crippen MR) is 125 cm³/mol. The molecule has 1 fully saturated rings. The number of methoxy groups -OCH3 is 1. The van der Waals surface area contributed by atoms with E-state index in [0.29, 0.717) is 11.3 Å². The Morgan fingerprint density at radius 2 is 2.06 bits per heavy atom. The number of thiazole rings is 1. The lowest BCUT2D eigenvalue weighted by Gasteiger charge is -2.49. The maximum absolute atomic E-state index is 13.0. The Balaban J connectivity index is 1.75. The van der Waals surface area contributed by atoms with Crippen molar-refractivity contribution in [1.82, 2.24) is 15.2 Å². The molecular formula is C20H25N5O8S2. The minimum atomic E-state index is -1.18. The van der Waals surface area contributed by atoms with Gasteiger partial charge >= 0.3 is 11.9 Å². The number of anilines is 1. The largest absolute Gasteiger partial charge is 0.425 e. The number of esters is 2. The molecule has 2 aliphatic heterocycles. The second-order valence-electron chi connectivity index (χ2n) is 7.83. The van der Waals surface area contributed by atoms with E-state index >= 15 is 0 Å². The average molecular weight is 528 g/mol. The van der Waals surface area contributed by atoms with Crippen molar-refractivity contribution in [3.8, 4) is 0 Å². The molecule has 1 aromatic rings. The topological polar surface area (TPSA) is 183 Å². The zero-order chi connectivity index (χ0) is 25.9. The number of thioether (sulfide) groups is 1. The molecule has 3 atom stereocenters. The highest BCUT2D eigenvalue weighted by molar-refractivity contribution is 8.00. The molecule has 13 nitrogen and oxygen atoms in total. The molecule has 15 heteroatoms. The summed E-state index contributed by atoms with van der Waals surface area (Å²) >= 11 is 2.37. The maximum atomic E-state index is 13.0. The fourth-order valence-corrected chi connectivity index (χ4v) is 5.18. The van der Waals surface area contributed by atoms with Gasteiger partial charge in [0.25, 0.3) is 11.8 Å². The molecule has 2 amide bonds. The summed E-state index contributed by atoms with van der Waals surface area (Å²) < 4.78 is 15.5. The van der Waals surface area contributed by atoms with Crippen LogP contribution in [-0.2, 0) is 33.4 Å². The minimum Gasteiger partial charge on any atom is -0.425 e. The number of nitrogens with two attached hydrogens (primary N) is 1. The number of rotatable bonds is 9. The third-order valence-corrected chi connectivity index (χ3v) is 6.97. The summed E-state index contributed by atoms with van der Waals surface area (Å²) in [5.41, 5.74) is 5.70. The highest BCUT2D eigenvalue weighted by Crippen LogP contribution is 2.41. The van der Waals surface area contributed by atoms with Crippen LogP contribution in [0.15, 0.2) is 21.8 Å². The van der Waals surface area contributed by atoms with Gasteiger partial charge in [-0.05, 0) is 5.57 Å². The van der Waals surface area contributed by atoms with Crippen LogP contribution >= 0.6 is 23.1 Å². The molecule has 0 aromatic carbocycles. The van der Waals surface area contributed by atoms with Gasteiger partial charge in [-0.1, -0.05) is 19.0 Å². The van der Waals surface area contributed by atoms with Gasteiger partial charge in [-0.15, -0.1) is 23.1 Å². The molecule has 4 N–H and O–H groups in total. The molecule has 1 aromatic heterocycles. The van der Waals surface area contributed by atoms with Gasteiger partial charge in [-0.25, -0.2) is 9.78 Å². The number of hydrogen-bond donors (Lipinski definition) is 3. The summed E-state index contributed by atoms with van der Waals surface area (Å²) in [5, 5.41) is 15.8. The normalized spacial score (nSPS) is 20.8. The molecule has 0 spiro atoms. The first-order valence-corrected chi connectivity index (χ1v) is 12.3. The van der Waals surface area contributed by atoms with Crippen LogP contribution in [0.5, 0.6) is 0 Å². The van der Waals surface area contributed by atoms with Gasteiger partial charge in [0.05, 0.1) is 12.5 Å². The number of amides is 2. The lowest BCUT2D eigenvalue weighted by Crippen LogP contribution is -2.71. The molecule has 3 heterocycles. The van der Waals surface area contributed by atoms with Crippen molar-refractivity contribution in [2.24, 2.45) is 11.1 Å². The Hall–Kier alpha value is -3.17. The SMILES string of the molecule is COCC1=C(C(=O)OC(C)OC(=O)C(C)C)N2C(=O)C(NC(=O)C(=NO)c3csc(N)n3)[C@H]2SC1. The van der Waals surface area contributed by atoms with E-state index in [-0.39, 0.29) is 23.1 Å². The Morgan fingerprint density at radius 3 is 2.63 bits per heavy atom. The number of fused-ring (bicyclic) bond motifs is 1. The van der Waals surface area contributed by atoms with Gasteiger partial charge in [0.1, 0.15) is 22.8 Å². The van der Waals surface area contributed by atoms with Crippen LogP contribution in [0.2, 0.25) is 0 Å². The minimum absolute atomic E-state index is 0.0260. The molecule has 0 radical (unpaired) electrons. The molecule has 2 aliphatic rings. The number of carbonyl (C=O) groups excluding carboxylic acids is 4. The third kappa shape index (κ3) is 5.57. The number of oxime groups is 1. The average Bonchev–Trinajstić information content (AvgIpc) is 3.23. The molecule has 190 valence electrons. The first-order valence-electron chi connectivity index (χ1n) is 10.4. The summed E-state index contributed by atoms with van der Waals surface area (Å²) in [5.74, 6) is -2.90. The zero-order valence-corrected chi connectivity index (χ0v) is 21.0. The fourth-order valence-electron chi connectivity index (χ4n) is 3.31. The Kier molecular flexibility index (Phi) is 8.34. The lowest BCUT2D eigenvalue weighted by atomic mass is 10.0. The first-order chi connectivity index (χ1) is 16.6. The van der Waals surface area contributed by atoms with Crippen LogP contribution in [0.25, 0.3) is 0 Å². The highest BCUT2D eigenvalue weighted by Gasteiger charge is 2.55. The van der Waals surface area contributed by atoms with Gasteiger partial charge in [0, 0.05) is 25.2 Å². The van der Waals surface area contributed by atoms with Crippen LogP contribution < -0.4 is 11.1 Å². The monoisotopic (exact) mass is 527 g/mol. The molecular weight excluding hydrogens is 502 g/mol. The number of ether oxygens (including phenoxy) is 3. The molecule has 0 aliphatic carbocycles. The Bertz CT molecular complexity index is 1090. The highest BCUT2D eigenvalue weighted by atomic mass is 32.2. The van der Waals surface area contributed by atoms with Crippen LogP contribution in [0.1, 0.15) is 26.5 Å². The molecule has 35 heavy (non-hydrogen) atoms. The summed E-state index contributed by atoms with van der Waals surface area (Å²) in [6, 6.07) is -0.997. The molecule has 2 unspecified atom stereocenters. The van der Waals surface area contributed by atoms with Crippen LogP contribution in [-0.4, -0.2) is 81.7 Å². The molecule has 0 bridgehead atoms. The van der Waals surface area contributed by atoms with Gasteiger partial charge < -0.3 is 30.5 Å². The van der Waals surface area contributed by atoms with Crippen LogP contribution in [0.4, 0.5) is 5.13 Å². The van der Waals surface area contributed by atoms with E-state index < -0.39 is 53.1 Å². The summed E-state index contributed by atoms with van der Waals surface area (Å²) in [6.45, 7) is 4.74. The fraction of sp³-hybridized carbons (Fsp3) is 0.500. The van der Waals surface area contributed by atoms with Crippen molar-refractivity contribution in [2.75, 3.05) is 25.2 Å². The van der Waals surface area contributed by atoms with Crippen molar-refractivity contribution in [3.63, 3.8) is 0 Å². The van der Waals surface area contributed by atoms with Crippen molar-refractivity contribution < 1.29 is 38.6 Å². The Labute approximate surface area is 208 Å². The number of nitrogens with one attached hydrogen (secondary N) is 1. The summed E-state index contributed by atoms with van der Waals surface area (Å²) in [7, 11) is 1.45. The quantitative estimate of drug-likeness (QED) is 0.100. The standard InChI is InChI=1S/C20H25N5O8S2/c1-8(2)18(28)32-9(3)33-19(29)14-10(5-31-4)6-34-17-13(16(27)25(14)17)23-15(26)12(24-30)11-7-35-20(21)22-11/h7-9,13,17,30H,5-6H2,1-4H3,(H2,21,22)(H,23,26)/t9?,13?,17-/m1/s1. The van der Waals surface area contributed by atoms with E-state index in [1.54, 1.807) is 13.8 Å². The van der Waals surface area contributed by atoms with Crippen molar-refractivity contribution >= 4 is 57.7 Å². The second kappa shape index (κ2) is 11.0. The van der Waals surface area contributed by atoms with Crippen molar-refractivity contribution in [2.45, 2.75) is 38.5 Å². The van der Waals surface area contributed by atoms with E-state index in [0.717, 1.165) is 11.3 Å². The first kappa shape index (κ1) is 26.4. The number of nitrogen functional groups attached to an aromatic ring is 1. The lowest BCUT2D eigenvalue weighted by molar-refractivity contribution is -0.186. The summed E-state index contributed by atoms with van der Waals surface area (Å²) in [4.78, 5) is 55.5. The van der Waals surface area contributed by atoms with Crippen LogP contribution in [0, 0.1) is 5.92 Å². The van der Waals surface area contributed by atoms with Gasteiger partial charge in [0.15, 0.2) is 10.8 Å². The van der Waals surface area contributed by atoms with E-state index in [2.05, 4.69) is 15.5 Å². The van der Waals surface area contributed by atoms with Crippen LogP contribution in [0.3, 0.4) is 0 Å². The van der Waals surface area contributed by atoms with E-state index in [4.69, 9.17) is 19.9 Å². The number of carbonyl (C=O) groups is 4. The number of β-lactam (4-membered cyclic amide) rings is 1. The Morgan fingerprint density at radius 1 is 1.34 bits per heavy atom. The maximum Gasteiger partial charge on any atom is 0.358 e. The van der Waals surface area contributed by atoms with E-state index in [1.807, 2.05) is 0 Å². The molecule has 1 saturated heterocycles. The zero-order valence-electron chi connectivity index (χ0n) is 19.3. The summed E-state index contributed by atoms with van der Waals surface area (Å²) in [6.07, 6.45) is -1.18. The number of hydrogen-bond acceptors (Lipinski definition) is 13. The van der Waals surface area contributed by atoms with Crippen molar-refractivity contribution in [1.29, 1.82) is 0 Å². The smallest absolute Gasteiger partial charge is 0.358 e. The second-order valence-corrected chi connectivity index (χ2v) is 9.82.